The number of hydrogen-bond acceptors (Lipinski definition) is 6. The number of aliphatic hydroxyl groups is 1. The van der Waals surface area contributed by atoms with E-state index in [0.29, 0.717) is 18.0 Å². The number of fused-ring (bicyclic) bond motifs is 1. The van der Waals surface area contributed by atoms with Crippen molar-refractivity contribution in [3.63, 3.8) is 0 Å². The van der Waals surface area contributed by atoms with Crippen LogP contribution < -0.4 is 9.47 Å². The summed E-state index contributed by atoms with van der Waals surface area (Å²) in [6, 6.07) is 12.2. The molecule has 0 saturated carbocycles. The van der Waals surface area contributed by atoms with Crippen LogP contribution in [0.25, 0.3) is 11.1 Å². The molecule has 0 amide bonds. The molecule has 0 saturated heterocycles. The summed E-state index contributed by atoms with van der Waals surface area (Å²) in [6.45, 7) is 4.36. The molecule has 8 heteroatoms. The van der Waals surface area contributed by atoms with Gasteiger partial charge in [0.2, 0.25) is 10.0 Å². The minimum absolute atomic E-state index is 0.0748. The van der Waals surface area contributed by atoms with E-state index in [1.807, 2.05) is 50.2 Å². The SMILES string of the molecule is COc1ccccc1-c1ccc2c(c1)O[C@H](CN(C)C)[C@@H](C)CN([C@@H](C)CO)S2(=O)=O. The third-order valence-electron chi connectivity index (χ3n) is 5.63. The van der Waals surface area contributed by atoms with E-state index in [2.05, 4.69) is 0 Å². The molecule has 7 nitrogen and oxygen atoms in total. The lowest BCUT2D eigenvalue weighted by Crippen LogP contribution is -2.49. The molecule has 3 atom stereocenters. The van der Waals surface area contributed by atoms with E-state index in [1.54, 1.807) is 32.2 Å². The Bertz CT molecular complexity index is 1010. The van der Waals surface area contributed by atoms with E-state index in [9.17, 15) is 13.5 Å². The number of ether oxygens (including phenoxy) is 2. The largest absolute Gasteiger partial charge is 0.496 e. The maximum atomic E-state index is 13.5. The molecule has 170 valence electrons. The van der Waals surface area contributed by atoms with Gasteiger partial charge in [0.25, 0.3) is 0 Å². The number of aliphatic hydroxyl groups excluding tert-OH is 1. The van der Waals surface area contributed by atoms with Gasteiger partial charge in [-0.1, -0.05) is 31.2 Å². The van der Waals surface area contributed by atoms with Crippen LogP contribution in [0.5, 0.6) is 11.5 Å². The zero-order chi connectivity index (χ0) is 22.8. The van der Waals surface area contributed by atoms with Crippen LogP contribution in [0.3, 0.4) is 0 Å². The number of methoxy groups -OCH3 is 1. The van der Waals surface area contributed by atoms with Crippen LogP contribution in [0.2, 0.25) is 0 Å². The zero-order valence-corrected chi connectivity index (χ0v) is 19.6. The van der Waals surface area contributed by atoms with Gasteiger partial charge < -0.3 is 19.5 Å². The fourth-order valence-electron chi connectivity index (χ4n) is 3.85. The van der Waals surface area contributed by atoms with Gasteiger partial charge in [-0.2, -0.15) is 4.31 Å². The number of para-hydroxylation sites is 1. The van der Waals surface area contributed by atoms with Crippen molar-refractivity contribution < 1.29 is 23.0 Å². The molecule has 0 radical (unpaired) electrons. The first-order valence-electron chi connectivity index (χ1n) is 10.4. The number of benzene rings is 2. The second-order valence-electron chi connectivity index (χ2n) is 8.36. The lowest BCUT2D eigenvalue weighted by molar-refractivity contribution is 0.0813. The molecule has 2 aromatic rings. The average Bonchev–Trinajstić information content (AvgIpc) is 2.75. The summed E-state index contributed by atoms with van der Waals surface area (Å²) in [7, 11) is 1.69. The Kier molecular flexibility index (Phi) is 7.26. The monoisotopic (exact) mass is 448 g/mol. The minimum atomic E-state index is -3.85. The van der Waals surface area contributed by atoms with Crippen LogP contribution in [0.15, 0.2) is 47.4 Å². The molecule has 1 aliphatic rings. The Morgan fingerprint density at radius 2 is 1.97 bits per heavy atom. The molecule has 0 unspecified atom stereocenters. The Hall–Kier alpha value is -2.13. The number of rotatable bonds is 6. The second-order valence-corrected chi connectivity index (χ2v) is 10.2. The van der Waals surface area contributed by atoms with Gasteiger partial charge >= 0.3 is 0 Å². The van der Waals surface area contributed by atoms with Crippen molar-refractivity contribution in [2.45, 2.75) is 30.9 Å². The molecule has 0 spiro atoms. The number of hydrogen-bond donors (Lipinski definition) is 1. The normalized spacial score (nSPS) is 22.2. The molecule has 31 heavy (non-hydrogen) atoms. The van der Waals surface area contributed by atoms with Crippen molar-refractivity contribution in [1.29, 1.82) is 0 Å². The zero-order valence-electron chi connectivity index (χ0n) is 18.8. The molecule has 1 aliphatic heterocycles. The van der Waals surface area contributed by atoms with Gasteiger partial charge in [-0.25, -0.2) is 8.42 Å². The van der Waals surface area contributed by atoms with Gasteiger partial charge in [0.05, 0.1) is 13.7 Å². The summed E-state index contributed by atoms with van der Waals surface area (Å²) < 4.78 is 40.3. The Balaban J connectivity index is 2.18. The molecule has 1 N–H and O–H groups in total. The van der Waals surface area contributed by atoms with Gasteiger partial charge in [0.15, 0.2) is 0 Å². The maximum absolute atomic E-state index is 13.5. The quantitative estimate of drug-likeness (QED) is 0.732. The van der Waals surface area contributed by atoms with Gasteiger partial charge in [0.1, 0.15) is 22.5 Å². The van der Waals surface area contributed by atoms with Crippen LogP contribution in [0.1, 0.15) is 13.8 Å². The van der Waals surface area contributed by atoms with E-state index < -0.39 is 16.1 Å². The lowest BCUT2D eigenvalue weighted by atomic mass is 10.0. The highest BCUT2D eigenvalue weighted by Crippen LogP contribution is 2.38. The highest BCUT2D eigenvalue weighted by molar-refractivity contribution is 7.89. The fourth-order valence-corrected chi connectivity index (χ4v) is 5.68. The Morgan fingerprint density at radius 3 is 2.61 bits per heavy atom. The van der Waals surface area contributed by atoms with E-state index in [-0.39, 0.29) is 30.1 Å². The third-order valence-corrected chi connectivity index (χ3v) is 7.65. The van der Waals surface area contributed by atoms with Crippen LogP contribution in [0.4, 0.5) is 0 Å². The van der Waals surface area contributed by atoms with Gasteiger partial charge in [-0.15, -0.1) is 0 Å². The molecule has 0 aliphatic carbocycles. The Labute approximate surface area is 185 Å². The lowest BCUT2D eigenvalue weighted by Gasteiger charge is -2.37. The maximum Gasteiger partial charge on any atom is 0.247 e. The summed E-state index contributed by atoms with van der Waals surface area (Å²) in [6.07, 6.45) is -0.217. The van der Waals surface area contributed by atoms with Gasteiger partial charge in [-0.3, -0.25) is 0 Å². The van der Waals surface area contributed by atoms with Crippen LogP contribution >= 0.6 is 0 Å². The first kappa shape index (κ1) is 23.5. The summed E-state index contributed by atoms with van der Waals surface area (Å²) in [5.41, 5.74) is 1.67. The van der Waals surface area contributed by atoms with E-state index in [1.165, 1.54) is 4.31 Å². The molecular formula is C23H32N2O5S. The minimum Gasteiger partial charge on any atom is -0.496 e. The highest BCUT2D eigenvalue weighted by atomic mass is 32.2. The summed E-state index contributed by atoms with van der Waals surface area (Å²) >= 11 is 0. The van der Waals surface area contributed by atoms with E-state index >= 15 is 0 Å². The first-order chi connectivity index (χ1) is 14.7. The highest BCUT2D eigenvalue weighted by Gasteiger charge is 2.38. The second kappa shape index (κ2) is 9.56. The van der Waals surface area contributed by atoms with Crippen LogP contribution in [0, 0.1) is 5.92 Å². The molecule has 0 fully saturated rings. The predicted octanol–water partition coefficient (Wildman–Crippen LogP) is 2.69. The smallest absolute Gasteiger partial charge is 0.247 e. The fraction of sp³-hybridized carbons (Fsp3) is 0.478. The summed E-state index contributed by atoms with van der Waals surface area (Å²) in [5, 5.41) is 9.72. The van der Waals surface area contributed by atoms with Crippen LogP contribution in [-0.2, 0) is 10.0 Å². The van der Waals surface area contributed by atoms with Crippen molar-refractivity contribution >= 4 is 10.0 Å². The molecule has 1 heterocycles. The van der Waals surface area contributed by atoms with Crippen molar-refractivity contribution in [3.8, 4) is 22.6 Å². The number of sulfonamides is 1. The van der Waals surface area contributed by atoms with Crippen molar-refractivity contribution in [2.24, 2.45) is 5.92 Å². The summed E-state index contributed by atoms with van der Waals surface area (Å²) in [4.78, 5) is 2.14. The predicted molar refractivity (Wildman–Crippen MR) is 121 cm³/mol. The van der Waals surface area contributed by atoms with E-state index in [0.717, 1.165) is 11.1 Å². The van der Waals surface area contributed by atoms with Crippen molar-refractivity contribution in [3.05, 3.63) is 42.5 Å². The van der Waals surface area contributed by atoms with Gasteiger partial charge in [-0.05, 0) is 44.8 Å². The van der Waals surface area contributed by atoms with Gasteiger partial charge in [0, 0.05) is 30.6 Å². The molecule has 0 aromatic heterocycles. The number of nitrogens with zero attached hydrogens (tertiary/aromatic N) is 2. The molecule has 3 rings (SSSR count). The average molecular weight is 449 g/mol. The molecule has 0 bridgehead atoms. The standard InChI is InChI=1S/C23H32N2O5S/c1-16-13-25(17(2)15-26)31(27,28)23-11-10-18(19-8-6-7-9-20(19)29-5)12-21(23)30-22(16)14-24(3)4/h6-12,16-17,22,26H,13-15H2,1-5H3/t16-,17-,22+/m0/s1. The topological polar surface area (TPSA) is 79.3 Å². The summed E-state index contributed by atoms with van der Waals surface area (Å²) in [5.74, 6) is 0.941. The van der Waals surface area contributed by atoms with Crippen molar-refractivity contribution in [1.82, 2.24) is 9.21 Å². The number of likely N-dealkylation sites (N-methyl/N-ethyl adjacent to an activating group) is 1. The Morgan fingerprint density at radius 1 is 1.26 bits per heavy atom. The van der Waals surface area contributed by atoms with Crippen molar-refractivity contribution in [2.75, 3.05) is 40.9 Å². The molecule has 2 aromatic carbocycles. The first-order valence-corrected chi connectivity index (χ1v) is 11.8. The third kappa shape index (κ3) is 4.87. The van der Waals surface area contributed by atoms with Crippen LogP contribution in [-0.4, -0.2) is 75.8 Å². The van der Waals surface area contributed by atoms with E-state index in [4.69, 9.17) is 9.47 Å². The molecular weight excluding hydrogens is 416 g/mol.